The first-order valence-electron chi connectivity index (χ1n) is 7.62. The minimum absolute atomic E-state index is 0.332. The van der Waals surface area contributed by atoms with E-state index in [9.17, 15) is 18.0 Å². The number of carbonyl (C=O) groups is 1. The largest absolute Gasteiger partial charge is 0.489 e. The van der Waals surface area contributed by atoms with Crippen molar-refractivity contribution in [3.8, 4) is 5.75 Å². The SMILES string of the molecule is O=C(Nc1ccc(OCc2ccc(Cl)cc2)cc1)c1scnc1C(F)(F)F. The number of hydrogen-bond donors (Lipinski definition) is 1. The summed E-state index contributed by atoms with van der Waals surface area (Å²) in [5, 5.41) is 3.06. The van der Waals surface area contributed by atoms with E-state index in [1.807, 2.05) is 12.1 Å². The zero-order valence-electron chi connectivity index (χ0n) is 13.6. The molecule has 27 heavy (non-hydrogen) atoms. The van der Waals surface area contributed by atoms with E-state index in [0.717, 1.165) is 11.1 Å². The maximum Gasteiger partial charge on any atom is 0.434 e. The van der Waals surface area contributed by atoms with Crippen LogP contribution in [0.5, 0.6) is 5.75 Å². The van der Waals surface area contributed by atoms with Crippen molar-refractivity contribution in [2.24, 2.45) is 0 Å². The summed E-state index contributed by atoms with van der Waals surface area (Å²) in [7, 11) is 0. The number of anilines is 1. The van der Waals surface area contributed by atoms with Gasteiger partial charge >= 0.3 is 6.18 Å². The van der Waals surface area contributed by atoms with Crippen molar-refractivity contribution in [3.05, 3.63) is 75.2 Å². The van der Waals surface area contributed by atoms with E-state index in [1.165, 1.54) is 0 Å². The van der Waals surface area contributed by atoms with Crippen LogP contribution in [-0.2, 0) is 12.8 Å². The highest BCUT2D eigenvalue weighted by molar-refractivity contribution is 7.12. The Morgan fingerprint density at radius 2 is 1.78 bits per heavy atom. The second kappa shape index (κ2) is 7.98. The number of ether oxygens (including phenoxy) is 1. The molecule has 0 bridgehead atoms. The lowest BCUT2D eigenvalue weighted by Gasteiger charge is -2.09. The number of aromatic nitrogens is 1. The third-order valence-electron chi connectivity index (χ3n) is 3.47. The molecular weight excluding hydrogens is 401 g/mol. The van der Waals surface area contributed by atoms with Crippen LogP contribution < -0.4 is 10.1 Å². The lowest BCUT2D eigenvalue weighted by atomic mass is 10.2. The fourth-order valence-electron chi connectivity index (χ4n) is 2.18. The summed E-state index contributed by atoms with van der Waals surface area (Å²) in [4.78, 5) is 14.8. The maximum absolute atomic E-state index is 12.8. The van der Waals surface area contributed by atoms with Crippen LogP contribution in [-0.4, -0.2) is 10.9 Å². The maximum atomic E-state index is 12.8. The van der Waals surface area contributed by atoms with Crippen LogP contribution in [0, 0.1) is 0 Å². The van der Waals surface area contributed by atoms with Gasteiger partial charge in [-0.3, -0.25) is 4.79 Å². The number of nitrogens with zero attached hydrogens (tertiary/aromatic N) is 1. The Bertz CT molecular complexity index is 925. The molecule has 4 nitrogen and oxygen atoms in total. The predicted octanol–water partition coefficient (Wildman–Crippen LogP) is 5.65. The minimum Gasteiger partial charge on any atom is -0.489 e. The van der Waals surface area contributed by atoms with E-state index in [-0.39, 0.29) is 0 Å². The number of carbonyl (C=O) groups excluding carboxylic acids is 1. The van der Waals surface area contributed by atoms with Gasteiger partial charge in [0.2, 0.25) is 0 Å². The molecule has 0 aliphatic heterocycles. The van der Waals surface area contributed by atoms with Gasteiger partial charge in [-0.05, 0) is 42.0 Å². The topological polar surface area (TPSA) is 51.2 Å². The van der Waals surface area contributed by atoms with E-state index >= 15 is 0 Å². The van der Waals surface area contributed by atoms with E-state index in [2.05, 4.69) is 10.3 Å². The molecule has 1 amide bonds. The molecule has 0 unspecified atom stereocenters. The number of hydrogen-bond acceptors (Lipinski definition) is 4. The van der Waals surface area contributed by atoms with Gasteiger partial charge in [0, 0.05) is 10.7 Å². The minimum atomic E-state index is -4.67. The van der Waals surface area contributed by atoms with E-state index < -0.39 is 22.7 Å². The Balaban J connectivity index is 1.61. The average molecular weight is 413 g/mol. The van der Waals surface area contributed by atoms with Gasteiger partial charge in [0.1, 0.15) is 17.2 Å². The molecular formula is C18H12ClF3N2O2S. The molecule has 0 saturated carbocycles. The van der Waals surface area contributed by atoms with Crippen LogP contribution in [0.2, 0.25) is 5.02 Å². The van der Waals surface area contributed by atoms with Crippen LogP contribution in [0.4, 0.5) is 18.9 Å². The van der Waals surface area contributed by atoms with Gasteiger partial charge in [0.25, 0.3) is 5.91 Å². The number of thiazole rings is 1. The third kappa shape index (κ3) is 4.99. The quantitative estimate of drug-likeness (QED) is 0.589. The van der Waals surface area contributed by atoms with Crippen LogP contribution in [0.3, 0.4) is 0 Å². The van der Waals surface area contributed by atoms with E-state index in [1.54, 1.807) is 36.4 Å². The molecule has 9 heteroatoms. The fraction of sp³-hybridized carbons (Fsp3) is 0.111. The Morgan fingerprint density at radius 3 is 2.41 bits per heavy atom. The van der Waals surface area contributed by atoms with Crippen LogP contribution in [0.1, 0.15) is 20.9 Å². The molecule has 140 valence electrons. The zero-order chi connectivity index (χ0) is 19.4. The first-order chi connectivity index (χ1) is 12.8. The second-order valence-corrected chi connectivity index (χ2v) is 6.71. The Hall–Kier alpha value is -2.58. The Kier molecular flexibility index (Phi) is 5.67. The van der Waals surface area contributed by atoms with Gasteiger partial charge in [0.05, 0.1) is 5.51 Å². The molecule has 3 aromatic rings. The van der Waals surface area contributed by atoms with Crippen molar-refractivity contribution < 1.29 is 22.7 Å². The zero-order valence-corrected chi connectivity index (χ0v) is 15.2. The van der Waals surface area contributed by atoms with Gasteiger partial charge in [-0.1, -0.05) is 23.7 Å². The number of alkyl halides is 3. The highest BCUT2D eigenvalue weighted by Gasteiger charge is 2.38. The highest BCUT2D eigenvalue weighted by atomic mass is 35.5. The van der Waals surface area contributed by atoms with Crippen LogP contribution >= 0.6 is 22.9 Å². The number of amides is 1. The third-order valence-corrected chi connectivity index (χ3v) is 4.55. The van der Waals surface area contributed by atoms with E-state index in [0.29, 0.717) is 34.4 Å². The van der Waals surface area contributed by atoms with Crippen molar-refractivity contribution in [2.75, 3.05) is 5.32 Å². The van der Waals surface area contributed by atoms with Crippen molar-refractivity contribution in [2.45, 2.75) is 12.8 Å². The number of rotatable bonds is 5. The lowest BCUT2D eigenvalue weighted by Crippen LogP contribution is -2.17. The molecule has 1 heterocycles. The Morgan fingerprint density at radius 1 is 1.11 bits per heavy atom. The monoisotopic (exact) mass is 412 g/mol. The first-order valence-corrected chi connectivity index (χ1v) is 8.88. The van der Waals surface area contributed by atoms with Crippen molar-refractivity contribution in [3.63, 3.8) is 0 Å². The van der Waals surface area contributed by atoms with Crippen molar-refractivity contribution in [1.82, 2.24) is 4.98 Å². The Labute approximate surface area is 161 Å². The summed E-state index contributed by atoms with van der Waals surface area (Å²) < 4.78 is 44.1. The second-order valence-electron chi connectivity index (χ2n) is 5.42. The van der Waals surface area contributed by atoms with Gasteiger partial charge in [-0.15, -0.1) is 11.3 Å². The standard InChI is InChI=1S/C18H12ClF3N2O2S/c19-12-3-1-11(2-4-12)9-26-14-7-5-13(6-8-14)24-17(25)15-16(18(20,21)22)23-10-27-15/h1-8,10H,9H2,(H,24,25). The van der Waals surface area contributed by atoms with Gasteiger partial charge in [-0.25, -0.2) is 4.98 Å². The predicted molar refractivity (Wildman–Crippen MR) is 97.3 cm³/mol. The van der Waals surface area contributed by atoms with Crippen molar-refractivity contribution in [1.29, 1.82) is 0 Å². The van der Waals surface area contributed by atoms with Gasteiger partial charge < -0.3 is 10.1 Å². The van der Waals surface area contributed by atoms with Crippen molar-refractivity contribution >= 4 is 34.5 Å². The van der Waals surface area contributed by atoms with Crippen LogP contribution in [0.25, 0.3) is 0 Å². The number of benzene rings is 2. The molecule has 0 spiro atoms. The highest BCUT2D eigenvalue weighted by Crippen LogP contribution is 2.33. The summed E-state index contributed by atoms with van der Waals surface area (Å²) in [5.41, 5.74) is 1.08. The molecule has 2 aromatic carbocycles. The van der Waals surface area contributed by atoms with E-state index in [4.69, 9.17) is 16.3 Å². The molecule has 0 aliphatic rings. The molecule has 0 saturated heterocycles. The average Bonchev–Trinajstić information content (AvgIpc) is 3.13. The van der Waals surface area contributed by atoms with Gasteiger partial charge in [0.15, 0.2) is 5.69 Å². The van der Waals surface area contributed by atoms with Crippen LogP contribution in [0.15, 0.2) is 54.0 Å². The van der Waals surface area contributed by atoms with Gasteiger partial charge in [-0.2, -0.15) is 13.2 Å². The molecule has 1 N–H and O–H groups in total. The summed E-state index contributed by atoms with van der Waals surface area (Å²) in [6, 6.07) is 13.5. The molecule has 0 radical (unpaired) electrons. The number of nitrogens with one attached hydrogen (secondary N) is 1. The molecule has 0 aliphatic carbocycles. The lowest BCUT2D eigenvalue weighted by molar-refractivity contribution is -0.141. The summed E-state index contributed by atoms with van der Waals surface area (Å²) in [6.45, 7) is 0.332. The molecule has 1 aromatic heterocycles. The first kappa shape index (κ1) is 19.2. The molecule has 3 rings (SSSR count). The molecule has 0 atom stereocenters. The fourth-order valence-corrected chi connectivity index (χ4v) is 3.01. The number of halogens is 4. The summed E-state index contributed by atoms with van der Waals surface area (Å²) >= 11 is 6.45. The summed E-state index contributed by atoms with van der Waals surface area (Å²) in [6.07, 6.45) is -4.67. The normalized spacial score (nSPS) is 11.3. The molecule has 0 fully saturated rings. The summed E-state index contributed by atoms with van der Waals surface area (Å²) in [5.74, 6) is -0.309. The smallest absolute Gasteiger partial charge is 0.434 e.